The maximum atomic E-state index is 13.1. The number of benzene rings is 1. The number of hydrogen-bond donors (Lipinski definition) is 1. The molecular formula is C21H19F2N5O3. The monoisotopic (exact) mass is 427 g/mol. The van der Waals surface area contributed by atoms with Gasteiger partial charge in [0.2, 0.25) is 11.7 Å². The van der Waals surface area contributed by atoms with Crippen LogP contribution in [0.5, 0.6) is 0 Å². The fourth-order valence-corrected chi connectivity index (χ4v) is 3.20. The van der Waals surface area contributed by atoms with Crippen molar-refractivity contribution in [3.8, 4) is 11.4 Å². The summed E-state index contributed by atoms with van der Waals surface area (Å²) in [6, 6.07) is 10.7. The number of aliphatic hydroxyl groups is 1. The second-order valence-electron chi connectivity index (χ2n) is 7.06. The Morgan fingerprint density at radius 1 is 1.29 bits per heavy atom. The summed E-state index contributed by atoms with van der Waals surface area (Å²) in [6.45, 7) is 1.86. The van der Waals surface area contributed by atoms with Crippen molar-refractivity contribution in [2.45, 2.75) is 25.9 Å². The van der Waals surface area contributed by atoms with E-state index in [1.54, 1.807) is 41.9 Å². The van der Waals surface area contributed by atoms with Gasteiger partial charge >= 0.3 is 0 Å². The first-order valence-corrected chi connectivity index (χ1v) is 9.45. The molecule has 3 heterocycles. The molecule has 0 aliphatic rings. The van der Waals surface area contributed by atoms with Crippen molar-refractivity contribution in [2.24, 2.45) is 0 Å². The number of imidazole rings is 1. The zero-order chi connectivity index (χ0) is 22.1. The van der Waals surface area contributed by atoms with Crippen LogP contribution in [0.15, 0.2) is 53.3 Å². The number of pyridine rings is 1. The third-order valence-corrected chi connectivity index (χ3v) is 4.91. The number of carbonyl (C=O) groups excluding carboxylic acids is 1. The van der Waals surface area contributed by atoms with Gasteiger partial charge in [-0.15, -0.1) is 0 Å². The largest absolute Gasteiger partial charge is 0.387 e. The van der Waals surface area contributed by atoms with Crippen molar-refractivity contribution in [2.75, 3.05) is 11.9 Å². The lowest BCUT2D eigenvalue weighted by molar-refractivity contribution is -0.00754. The minimum absolute atomic E-state index is 0.0971. The molecule has 0 bridgehead atoms. The summed E-state index contributed by atoms with van der Waals surface area (Å²) in [5, 5.41) is 13.1. The van der Waals surface area contributed by atoms with Gasteiger partial charge in [-0.25, -0.2) is 13.8 Å². The summed E-state index contributed by atoms with van der Waals surface area (Å²) in [4.78, 5) is 23.0. The third kappa shape index (κ3) is 4.02. The summed E-state index contributed by atoms with van der Waals surface area (Å²) in [5.74, 6) is -0.179. The van der Waals surface area contributed by atoms with Gasteiger partial charge in [-0.2, -0.15) is 4.98 Å². The van der Waals surface area contributed by atoms with Crippen LogP contribution in [-0.4, -0.2) is 50.1 Å². The van der Waals surface area contributed by atoms with Gasteiger partial charge < -0.3 is 14.5 Å². The van der Waals surface area contributed by atoms with E-state index in [1.165, 1.54) is 11.1 Å². The molecule has 4 rings (SSSR count). The van der Waals surface area contributed by atoms with Crippen LogP contribution in [-0.2, 0) is 6.42 Å². The average molecular weight is 427 g/mol. The second-order valence-corrected chi connectivity index (χ2v) is 7.06. The molecule has 0 saturated heterocycles. The zero-order valence-corrected chi connectivity index (χ0v) is 16.7. The molecule has 1 atom stereocenters. The Bertz CT molecular complexity index is 1240. The predicted octanol–water partition coefficient (Wildman–Crippen LogP) is 3.14. The number of fused-ring (bicyclic) bond motifs is 1. The van der Waals surface area contributed by atoms with Crippen LogP contribution in [0.1, 0.15) is 21.9 Å². The number of hydrogen-bond acceptors (Lipinski definition) is 6. The second kappa shape index (κ2) is 8.23. The van der Waals surface area contributed by atoms with Crippen LogP contribution in [0.2, 0.25) is 0 Å². The summed E-state index contributed by atoms with van der Waals surface area (Å²) in [6.07, 6.45) is -1.94. The number of amides is 1. The smallest absolute Gasteiger partial charge is 0.276 e. The van der Waals surface area contributed by atoms with Crippen molar-refractivity contribution in [1.82, 2.24) is 19.5 Å². The molecule has 160 valence electrons. The predicted molar refractivity (Wildman–Crippen MR) is 108 cm³/mol. The lowest BCUT2D eigenvalue weighted by atomic mass is 10.1. The molecule has 0 spiro atoms. The maximum Gasteiger partial charge on any atom is 0.276 e. The van der Waals surface area contributed by atoms with Crippen LogP contribution in [0.4, 0.5) is 14.5 Å². The molecule has 0 aliphatic carbocycles. The quantitative estimate of drug-likeness (QED) is 0.508. The molecule has 0 aliphatic heterocycles. The summed E-state index contributed by atoms with van der Waals surface area (Å²) in [7, 11) is 1.65. The van der Waals surface area contributed by atoms with E-state index < -0.39 is 19.0 Å². The van der Waals surface area contributed by atoms with Gasteiger partial charge in [0.1, 0.15) is 17.4 Å². The van der Waals surface area contributed by atoms with E-state index in [-0.39, 0.29) is 17.6 Å². The Labute approximate surface area is 175 Å². The number of anilines is 1. The third-order valence-electron chi connectivity index (χ3n) is 4.91. The highest BCUT2D eigenvalue weighted by molar-refractivity contribution is 6.05. The number of alkyl halides is 2. The molecule has 1 aromatic carbocycles. The van der Waals surface area contributed by atoms with Crippen molar-refractivity contribution in [3.63, 3.8) is 0 Å². The number of carbonyl (C=O) groups is 1. The van der Waals surface area contributed by atoms with E-state index in [0.717, 1.165) is 5.56 Å². The van der Waals surface area contributed by atoms with E-state index in [2.05, 4.69) is 15.1 Å². The highest BCUT2D eigenvalue weighted by Gasteiger charge is 2.23. The fourth-order valence-electron chi connectivity index (χ4n) is 3.20. The Morgan fingerprint density at radius 3 is 2.87 bits per heavy atom. The number of aromatic nitrogens is 4. The molecule has 1 N–H and O–H groups in total. The molecule has 0 saturated carbocycles. The van der Waals surface area contributed by atoms with E-state index in [9.17, 15) is 18.7 Å². The van der Waals surface area contributed by atoms with Crippen LogP contribution >= 0.6 is 0 Å². The zero-order valence-electron chi connectivity index (χ0n) is 16.7. The molecule has 1 unspecified atom stereocenters. The van der Waals surface area contributed by atoms with Gasteiger partial charge in [-0.1, -0.05) is 23.4 Å². The number of halogens is 2. The summed E-state index contributed by atoms with van der Waals surface area (Å²) < 4.78 is 31.8. The van der Waals surface area contributed by atoms with E-state index >= 15 is 0 Å². The molecule has 0 radical (unpaired) electrons. The van der Waals surface area contributed by atoms with Crippen LogP contribution < -0.4 is 4.90 Å². The van der Waals surface area contributed by atoms with Crippen LogP contribution in [0.25, 0.3) is 17.0 Å². The number of rotatable bonds is 6. The van der Waals surface area contributed by atoms with Gasteiger partial charge in [0.25, 0.3) is 12.3 Å². The Balaban J connectivity index is 1.62. The highest BCUT2D eigenvalue weighted by Crippen LogP contribution is 2.27. The molecule has 31 heavy (non-hydrogen) atoms. The first kappa shape index (κ1) is 20.6. The molecule has 8 nitrogen and oxygen atoms in total. The van der Waals surface area contributed by atoms with Gasteiger partial charge in [0, 0.05) is 24.5 Å². The van der Waals surface area contributed by atoms with Gasteiger partial charge in [-0.3, -0.25) is 9.20 Å². The number of aryl methyl sites for hydroxylation is 1. The van der Waals surface area contributed by atoms with Gasteiger partial charge in [-0.05, 0) is 30.7 Å². The topological polar surface area (TPSA) is 96.8 Å². The molecular weight excluding hydrogens is 408 g/mol. The molecule has 10 heteroatoms. The standard InChI is InChI=1S/C21H19F2N5O3/c1-12-6-7-13(20-25-18(31-26-20)10-16(29)19(22)23)9-14(12)27(2)21(30)15-11-24-17-5-3-4-8-28(15)17/h3-9,11,16,19,29H,10H2,1-2H3. The minimum atomic E-state index is -2.90. The van der Waals surface area contributed by atoms with Crippen LogP contribution in [0.3, 0.4) is 0 Å². The number of nitrogens with zero attached hydrogens (tertiary/aromatic N) is 5. The van der Waals surface area contributed by atoms with E-state index in [1.807, 2.05) is 19.1 Å². The number of aliphatic hydroxyl groups excluding tert-OH is 1. The van der Waals surface area contributed by atoms with Crippen molar-refractivity contribution < 1.29 is 23.2 Å². The normalized spacial score (nSPS) is 12.5. The Kier molecular flexibility index (Phi) is 5.47. The summed E-state index contributed by atoms with van der Waals surface area (Å²) >= 11 is 0. The molecule has 1 amide bonds. The SMILES string of the molecule is Cc1ccc(-c2noc(CC(O)C(F)F)n2)cc1N(C)C(=O)c1cnc2ccccn12. The highest BCUT2D eigenvalue weighted by atomic mass is 19.3. The maximum absolute atomic E-state index is 13.1. The lowest BCUT2D eigenvalue weighted by Gasteiger charge is -2.20. The van der Waals surface area contributed by atoms with E-state index in [4.69, 9.17) is 4.52 Å². The summed E-state index contributed by atoms with van der Waals surface area (Å²) in [5.41, 5.74) is 3.07. The van der Waals surface area contributed by atoms with Crippen LogP contribution in [0, 0.1) is 6.92 Å². The fraction of sp³-hybridized carbons (Fsp3) is 0.238. The minimum Gasteiger partial charge on any atom is -0.387 e. The van der Waals surface area contributed by atoms with Crippen molar-refractivity contribution in [1.29, 1.82) is 0 Å². The lowest BCUT2D eigenvalue weighted by Crippen LogP contribution is -2.28. The molecule has 3 aromatic heterocycles. The molecule has 0 fully saturated rings. The van der Waals surface area contributed by atoms with Crippen molar-refractivity contribution in [3.05, 3.63) is 65.9 Å². The van der Waals surface area contributed by atoms with Crippen molar-refractivity contribution >= 4 is 17.2 Å². The van der Waals surface area contributed by atoms with Gasteiger partial charge in [0.05, 0.1) is 12.6 Å². The Morgan fingerprint density at radius 2 is 2.10 bits per heavy atom. The van der Waals surface area contributed by atoms with E-state index in [0.29, 0.717) is 22.6 Å². The molecule has 4 aromatic rings. The van der Waals surface area contributed by atoms with Gasteiger partial charge in [0.15, 0.2) is 0 Å². The first-order chi connectivity index (χ1) is 14.8. The first-order valence-electron chi connectivity index (χ1n) is 9.45. The Hall–Kier alpha value is -3.66. The average Bonchev–Trinajstić information content (AvgIpc) is 3.40.